The van der Waals surface area contributed by atoms with Gasteiger partial charge < -0.3 is 5.73 Å². The number of piperidine rings is 1. The van der Waals surface area contributed by atoms with E-state index in [4.69, 9.17) is 5.73 Å². The van der Waals surface area contributed by atoms with Gasteiger partial charge in [-0.1, -0.05) is 18.2 Å². The number of benzene rings is 1. The largest absolute Gasteiger partial charge is 0.416 e. The van der Waals surface area contributed by atoms with Gasteiger partial charge in [-0.3, -0.25) is 0 Å². The third-order valence-electron chi connectivity index (χ3n) is 3.82. The minimum absolute atomic E-state index is 0.0324. The van der Waals surface area contributed by atoms with Crippen molar-refractivity contribution in [2.24, 2.45) is 5.73 Å². The molecule has 8 heteroatoms. The lowest BCUT2D eigenvalue weighted by atomic mass is 10.0. The van der Waals surface area contributed by atoms with Gasteiger partial charge in [0.2, 0.25) is 10.0 Å². The molecule has 124 valence electrons. The second-order valence-corrected chi connectivity index (χ2v) is 7.62. The minimum Gasteiger partial charge on any atom is -0.328 e. The Balaban J connectivity index is 2.19. The number of sulfonamides is 1. The van der Waals surface area contributed by atoms with E-state index >= 15 is 0 Å². The van der Waals surface area contributed by atoms with Crippen LogP contribution in [0.15, 0.2) is 24.3 Å². The van der Waals surface area contributed by atoms with Gasteiger partial charge in [-0.25, -0.2) is 8.42 Å². The average molecular weight is 336 g/mol. The molecule has 1 aromatic rings. The molecule has 0 aliphatic carbocycles. The van der Waals surface area contributed by atoms with E-state index in [1.165, 1.54) is 16.4 Å². The number of hydrogen-bond donors (Lipinski definition) is 1. The number of nitrogens with two attached hydrogens (primary N) is 1. The summed E-state index contributed by atoms with van der Waals surface area (Å²) in [5.41, 5.74) is 5.10. The highest BCUT2D eigenvalue weighted by Crippen LogP contribution is 2.30. The minimum atomic E-state index is -4.48. The van der Waals surface area contributed by atoms with Crippen LogP contribution in [0.1, 0.15) is 30.9 Å². The molecule has 2 rings (SSSR count). The fraction of sp³-hybridized carbons (Fsp3) is 0.571. The van der Waals surface area contributed by atoms with E-state index in [1.54, 1.807) is 6.92 Å². The molecule has 1 aliphatic heterocycles. The summed E-state index contributed by atoms with van der Waals surface area (Å²) in [6.07, 6.45) is -3.36. The molecule has 0 bridgehead atoms. The van der Waals surface area contributed by atoms with Crippen LogP contribution in [0.5, 0.6) is 0 Å². The van der Waals surface area contributed by atoms with Gasteiger partial charge in [0.25, 0.3) is 0 Å². The smallest absolute Gasteiger partial charge is 0.328 e. The highest BCUT2D eigenvalue weighted by Gasteiger charge is 2.34. The van der Waals surface area contributed by atoms with Gasteiger partial charge >= 0.3 is 6.18 Å². The predicted octanol–water partition coefficient (Wildman–Crippen LogP) is 2.35. The first-order chi connectivity index (χ1) is 10.1. The quantitative estimate of drug-likeness (QED) is 0.921. The van der Waals surface area contributed by atoms with Crippen molar-refractivity contribution in [3.63, 3.8) is 0 Å². The summed E-state index contributed by atoms with van der Waals surface area (Å²) in [6.45, 7) is 2.08. The van der Waals surface area contributed by atoms with E-state index in [9.17, 15) is 21.6 Å². The Morgan fingerprint density at radius 3 is 2.64 bits per heavy atom. The van der Waals surface area contributed by atoms with Crippen molar-refractivity contribution < 1.29 is 21.6 Å². The van der Waals surface area contributed by atoms with Crippen molar-refractivity contribution in [1.82, 2.24) is 4.31 Å². The molecular formula is C14H19F3N2O2S. The van der Waals surface area contributed by atoms with Gasteiger partial charge in [-0.2, -0.15) is 17.5 Å². The third-order valence-corrected chi connectivity index (χ3v) is 5.77. The van der Waals surface area contributed by atoms with Gasteiger partial charge in [-0.05, 0) is 31.4 Å². The number of hydrogen-bond acceptors (Lipinski definition) is 3. The lowest BCUT2D eigenvalue weighted by Crippen LogP contribution is -2.48. The number of nitrogens with zero attached hydrogens (tertiary/aromatic N) is 1. The molecule has 1 aliphatic rings. The lowest BCUT2D eigenvalue weighted by molar-refractivity contribution is -0.137. The molecule has 0 radical (unpaired) electrons. The van der Waals surface area contributed by atoms with Crippen molar-refractivity contribution in [1.29, 1.82) is 0 Å². The van der Waals surface area contributed by atoms with E-state index in [1.807, 2.05) is 0 Å². The third kappa shape index (κ3) is 3.99. The summed E-state index contributed by atoms with van der Waals surface area (Å²) in [6, 6.07) is 4.17. The second-order valence-electron chi connectivity index (χ2n) is 5.70. The Bertz CT molecular complexity index is 631. The Labute approximate surface area is 128 Å². The standard InChI is InChI=1S/C14H19F3N2O2S/c1-10-7-13(18)5-6-19(10)22(20,21)9-11-3-2-4-12(8-11)14(15,16)17/h2-4,8,10,13H,5-7,9,18H2,1H3/t10-,13+/m1/s1. The van der Waals surface area contributed by atoms with Crippen molar-refractivity contribution >= 4 is 10.0 Å². The fourth-order valence-electron chi connectivity index (χ4n) is 2.73. The summed E-state index contributed by atoms with van der Waals surface area (Å²) in [7, 11) is -3.66. The Kier molecular flexibility index (Phi) is 4.84. The molecule has 0 saturated carbocycles. The van der Waals surface area contributed by atoms with Gasteiger partial charge in [0.1, 0.15) is 0 Å². The van der Waals surface area contributed by atoms with Crippen LogP contribution in [0.4, 0.5) is 13.2 Å². The molecule has 1 aromatic carbocycles. The zero-order valence-electron chi connectivity index (χ0n) is 12.2. The van der Waals surface area contributed by atoms with E-state index in [0.29, 0.717) is 19.4 Å². The molecule has 22 heavy (non-hydrogen) atoms. The zero-order valence-corrected chi connectivity index (χ0v) is 13.0. The fourth-order valence-corrected chi connectivity index (χ4v) is 4.52. The predicted molar refractivity (Wildman–Crippen MR) is 77.4 cm³/mol. The molecular weight excluding hydrogens is 317 g/mol. The van der Waals surface area contributed by atoms with Gasteiger partial charge in [0, 0.05) is 18.6 Å². The van der Waals surface area contributed by atoms with Crippen LogP contribution in [0.2, 0.25) is 0 Å². The first-order valence-corrected chi connectivity index (χ1v) is 8.62. The molecule has 1 fully saturated rings. The highest BCUT2D eigenvalue weighted by molar-refractivity contribution is 7.88. The summed E-state index contributed by atoms with van der Waals surface area (Å²) >= 11 is 0. The Hall–Kier alpha value is -1.12. The van der Waals surface area contributed by atoms with Crippen LogP contribution in [0, 0.1) is 0 Å². The maximum absolute atomic E-state index is 12.7. The van der Waals surface area contributed by atoms with Crippen molar-refractivity contribution in [2.45, 2.75) is 43.8 Å². The maximum atomic E-state index is 12.7. The lowest BCUT2D eigenvalue weighted by Gasteiger charge is -2.35. The first-order valence-electron chi connectivity index (χ1n) is 7.01. The van der Waals surface area contributed by atoms with Crippen LogP contribution >= 0.6 is 0 Å². The van der Waals surface area contributed by atoms with Crippen LogP contribution in [-0.4, -0.2) is 31.4 Å². The molecule has 0 amide bonds. The Morgan fingerprint density at radius 2 is 2.05 bits per heavy atom. The maximum Gasteiger partial charge on any atom is 0.416 e. The molecule has 4 nitrogen and oxygen atoms in total. The molecule has 0 spiro atoms. The topological polar surface area (TPSA) is 63.4 Å². The zero-order chi connectivity index (χ0) is 16.5. The van der Waals surface area contributed by atoms with Crippen molar-refractivity contribution in [3.8, 4) is 0 Å². The SMILES string of the molecule is C[C@@H]1C[C@@H](N)CCN1S(=O)(=O)Cc1cccc(C(F)(F)F)c1. The summed E-state index contributed by atoms with van der Waals surface area (Å²) in [5, 5.41) is 0. The first kappa shape index (κ1) is 17.2. The second kappa shape index (κ2) is 6.17. The summed E-state index contributed by atoms with van der Waals surface area (Å²) in [5.74, 6) is -0.434. The number of alkyl halides is 3. The van der Waals surface area contributed by atoms with Crippen LogP contribution < -0.4 is 5.73 Å². The Morgan fingerprint density at radius 1 is 1.36 bits per heavy atom. The van der Waals surface area contributed by atoms with Crippen LogP contribution in [0.3, 0.4) is 0 Å². The highest BCUT2D eigenvalue weighted by atomic mass is 32.2. The van der Waals surface area contributed by atoms with Crippen LogP contribution in [-0.2, 0) is 22.0 Å². The summed E-state index contributed by atoms with van der Waals surface area (Å²) in [4.78, 5) is 0. The monoisotopic (exact) mass is 336 g/mol. The van der Waals surface area contributed by atoms with E-state index < -0.39 is 27.5 Å². The van der Waals surface area contributed by atoms with Crippen molar-refractivity contribution in [2.75, 3.05) is 6.54 Å². The van der Waals surface area contributed by atoms with E-state index in [0.717, 1.165) is 12.1 Å². The molecule has 1 saturated heterocycles. The molecule has 0 unspecified atom stereocenters. The van der Waals surface area contributed by atoms with Crippen LogP contribution in [0.25, 0.3) is 0 Å². The normalized spacial score (nSPS) is 24.4. The number of rotatable bonds is 3. The molecule has 2 N–H and O–H groups in total. The molecule has 0 aromatic heterocycles. The van der Waals surface area contributed by atoms with E-state index in [-0.39, 0.29) is 17.6 Å². The van der Waals surface area contributed by atoms with Gasteiger partial charge in [0.05, 0.1) is 11.3 Å². The molecule has 1 heterocycles. The number of halogens is 3. The molecule has 2 atom stereocenters. The summed E-state index contributed by atoms with van der Waals surface area (Å²) < 4.78 is 64.3. The van der Waals surface area contributed by atoms with Gasteiger partial charge in [-0.15, -0.1) is 0 Å². The van der Waals surface area contributed by atoms with Crippen molar-refractivity contribution in [3.05, 3.63) is 35.4 Å². The average Bonchev–Trinajstić information content (AvgIpc) is 2.36. The van der Waals surface area contributed by atoms with Gasteiger partial charge in [0.15, 0.2) is 0 Å². The van der Waals surface area contributed by atoms with E-state index in [2.05, 4.69) is 0 Å².